The fourth-order valence-electron chi connectivity index (χ4n) is 6.20. The van der Waals surface area contributed by atoms with E-state index < -0.39 is 11.1 Å². The van der Waals surface area contributed by atoms with Crippen molar-refractivity contribution in [3.8, 4) is 44.9 Å². The molecule has 2 aromatic heterocycles. The van der Waals surface area contributed by atoms with Gasteiger partial charge in [-0.05, 0) is 74.2 Å². The predicted molar refractivity (Wildman–Crippen MR) is 185 cm³/mol. The van der Waals surface area contributed by atoms with E-state index in [9.17, 15) is 9.81 Å². The number of nitrogens with zero attached hydrogens (tertiary/aromatic N) is 2. The largest absolute Gasteiger partial charge is 0.455 e. The van der Waals surface area contributed by atoms with Crippen LogP contribution in [0.4, 0.5) is 0 Å². The topological polar surface area (TPSA) is 85.1 Å². The minimum atomic E-state index is -1.14. The molecule has 7 rings (SSSR count). The van der Waals surface area contributed by atoms with E-state index in [-0.39, 0.29) is 0 Å². The van der Waals surface area contributed by atoms with Crippen molar-refractivity contribution in [2.45, 2.75) is 38.8 Å². The van der Waals surface area contributed by atoms with Crippen LogP contribution in [-0.4, -0.2) is 0 Å². The van der Waals surface area contributed by atoms with Gasteiger partial charge < -0.3 is 8.83 Å². The molecule has 226 valence electrons. The van der Waals surface area contributed by atoms with E-state index in [1.165, 1.54) is 0 Å². The van der Waals surface area contributed by atoms with E-state index in [0.29, 0.717) is 33.8 Å². The molecule has 0 bridgehead atoms. The first-order valence-corrected chi connectivity index (χ1v) is 15.2. The number of hydrogen-bond donors (Lipinski definition) is 0. The first-order chi connectivity index (χ1) is 22.2. The third-order valence-electron chi connectivity index (χ3n) is 8.72. The third-order valence-corrected chi connectivity index (χ3v) is 8.72. The van der Waals surface area contributed by atoms with E-state index in [4.69, 9.17) is 8.83 Å². The number of hydrogen-bond acceptors (Lipinski definition) is 6. The molecule has 7 aromatic rings. The Bertz CT molecular complexity index is 2080. The van der Waals surface area contributed by atoms with Gasteiger partial charge >= 0.3 is 0 Å². The quantitative estimate of drug-likeness (QED) is 0.161. The Morgan fingerprint density at radius 2 is 0.848 bits per heavy atom. The summed E-state index contributed by atoms with van der Waals surface area (Å²) in [5.74, 6) is 1.13. The maximum atomic E-state index is 12.4. The van der Waals surface area contributed by atoms with Crippen LogP contribution in [0.1, 0.15) is 38.8 Å². The summed E-state index contributed by atoms with van der Waals surface area (Å²) in [5, 5.41) is 8.90. The second kappa shape index (κ2) is 11.1. The molecule has 0 atom stereocenters. The third kappa shape index (κ3) is 4.92. The van der Waals surface area contributed by atoms with Crippen LogP contribution in [0.5, 0.6) is 0 Å². The molecule has 0 spiro atoms. The Morgan fingerprint density at radius 3 is 1.22 bits per heavy atom. The van der Waals surface area contributed by atoms with Gasteiger partial charge in [0.05, 0.1) is 0 Å². The lowest BCUT2D eigenvalue weighted by atomic mass is 9.81. The van der Waals surface area contributed by atoms with Crippen molar-refractivity contribution in [1.29, 1.82) is 0 Å². The number of nitroso groups, excluding NO2 is 2. The molecule has 6 nitrogen and oxygen atoms in total. The maximum absolute atomic E-state index is 12.4. The van der Waals surface area contributed by atoms with Crippen molar-refractivity contribution in [2.75, 3.05) is 0 Å². The summed E-state index contributed by atoms with van der Waals surface area (Å²) in [4.78, 5) is 24.8. The fourth-order valence-corrected chi connectivity index (χ4v) is 6.20. The van der Waals surface area contributed by atoms with Crippen molar-refractivity contribution in [3.05, 3.63) is 142 Å². The van der Waals surface area contributed by atoms with E-state index in [2.05, 4.69) is 10.4 Å². The Hall–Kier alpha value is -5.62. The van der Waals surface area contributed by atoms with Gasteiger partial charge in [0.25, 0.3) is 0 Å². The Kier molecular flexibility index (Phi) is 7.01. The molecule has 0 fully saturated rings. The predicted octanol–water partition coefficient (Wildman–Crippen LogP) is 11.8. The van der Waals surface area contributed by atoms with Gasteiger partial charge in [-0.25, -0.2) is 0 Å². The number of benzene rings is 5. The SMILES string of the molecule is CC(C)(N=O)c1cc(-c2cc3cccc(-c4ccccc4)c3o2)c(C(C)(C)N=O)cc1-c1cc2cccc(-c3ccccc3)c2o1. The highest BCUT2D eigenvalue weighted by Gasteiger charge is 2.34. The van der Waals surface area contributed by atoms with Crippen molar-refractivity contribution >= 4 is 21.9 Å². The Labute approximate surface area is 266 Å². The summed E-state index contributed by atoms with van der Waals surface area (Å²) in [7, 11) is 0. The van der Waals surface area contributed by atoms with Crippen LogP contribution in [-0.2, 0) is 11.1 Å². The number of furan rings is 2. The van der Waals surface area contributed by atoms with E-state index in [1.54, 1.807) is 27.7 Å². The summed E-state index contributed by atoms with van der Waals surface area (Å²) >= 11 is 0. The lowest BCUT2D eigenvalue weighted by molar-refractivity contribution is 0.536. The van der Waals surface area contributed by atoms with Gasteiger partial charge in [-0.2, -0.15) is 0 Å². The highest BCUT2D eigenvalue weighted by molar-refractivity contribution is 5.97. The molecule has 0 unspecified atom stereocenters. The standard InChI is InChI=1S/C40H32N2O4/c1-39(2,41-43)33-23-32(36-22-28-18-12-20-30(38(28)46-36)26-15-9-6-10-16-26)34(40(3,4)42-44)24-31(33)35-21-27-17-11-19-29(37(27)45-35)25-13-7-5-8-14-25/h5-24H,1-4H3. The summed E-state index contributed by atoms with van der Waals surface area (Å²) in [6.45, 7) is 7.09. The first-order valence-electron chi connectivity index (χ1n) is 15.2. The minimum Gasteiger partial charge on any atom is -0.455 e. The normalized spacial score (nSPS) is 12.1. The van der Waals surface area contributed by atoms with Gasteiger partial charge in [0.1, 0.15) is 33.8 Å². The molecule has 0 aliphatic heterocycles. The lowest BCUT2D eigenvalue weighted by Gasteiger charge is -2.25. The average molecular weight is 605 g/mol. The second-order valence-electron chi connectivity index (χ2n) is 12.6. The number of rotatable bonds is 8. The Morgan fingerprint density at radius 1 is 0.457 bits per heavy atom. The fraction of sp³-hybridized carbons (Fsp3) is 0.150. The van der Waals surface area contributed by atoms with Crippen molar-refractivity contribution < 1.29 is 8.83 Å². The smallest absolute Gasteiger partial charge is 0.142 e. The second-order valence-corrected chi connectivity index (χ2v) is 12.6. The zero-order chi connectivity index (χ0) is 32.1. The molecule has 0 aliphatic carbocycles. The van der Waals surface area contributed by atoms with E-state index >= 15 is 0 Å². The van der Waals surface area contributed by atoms with Crippen LogP contribution in [0.3, 0.4) is 0 Å². The van der Waals surface area contributed by atoms with Crippen LogP contribution in [0.25, 0.3) is 66.8 Å². The number of para-hydroxylation sites is 2. The average Bonchev–Trinajstić information content (AvgIpc) is 3.73. The first kappa shape index (κ1) is 29.1. The molecule has 0 amide bonds. The van der Waals surface area contributed by atoms with Gasteiger partial charge in [0, 0.05) is 33.0 Å². The van der Waals surface area contributed by atoms with Crippen LogP contribution in [0, 0.1) is 9.81 Å². The molecular weight excluding hydrogens is 572 g/mol. The summed E-state index contributed by atoms with van der Waals surface area (Å²) in [5.41, 5.74) is 5.80. The zero-order valence-electron chi connectivity index (χ0n) is 26.1. The monoisotopic (exact) mass is 604 g/mol. The van der Waals surface area contributed by atoms with Crippen LogP contribution < -0.4 is 0 Å². The maximum Gasteiger partial charge on any atom is 0.142 e. The van der Waals surface area contributed by atoms with Gasteiger partial charge in [-0.1, -0.05) is 107 Å². The van der Waals surface area contributed by atoms with E-state index in [0.717, 1.165) is 44.2 Å². The van der Waals surface area contributed by atoms with Crippen molar-refractivity contribution in [2.24, 2.45) is 10.4 Å². The van der Waals surface area contributed by atoms with E-state index in [1.807, 2.05) is 121 Å². The van der Waals surface area contributed by atoms with Gasteiger partial charge in [0.2, 0.25) is 0 Å². The summed E-state index contributed by atoms with van der Waals surface area (Å²) < 4.78 is 13.2. The zero-order valence-corrected chi connectivity index (χ0v) is 26.1. The van der Waals surface area contributed by atoms with Crippen molar-refractivity contribution in [3.63, 3.8) is 0 Å². The van der Waals surface area contributed by atoms with Crippen LogP contribution in [0.15, 0.2) is 141 Å². The molecule has 0 radical (unpaired) electrons. The van der Waals surface area contributed by atoms with Crippen LogP contribution in [0.2, 0.25) is 0 Å². The molecule has 0 aliphatic rings. The molecular formula is C40H32N2O4. The minimum absolute atomic E-state index is 0.565. The summed E-state index contributed by atoms with van der Waals surface area (Å²) in [6.07, 6.45) is 0. The lowest BCUT2D eigenvalue weighted by Crippen LogP contribution is -2.19. The molecule has 0 saturated carbocycles. The van der Waals surface area contributed by atoms with Gasteiger partial charge in [0.15, 0.2) is 0 Å². The molecule has 2 heterocycles. The number of fused-ring (bicyclic) bond motifs is 2. The molecule has 0 saturated heterocycles. The highest BCUT2D eigenvalue weighted by Crippen LogP contribution is 2.46. The highest BCUT2D eigenvalue weighted by atomic mass is 16.3. The molecule has 6 heteroatoms. The van der Waals surface area contributed by atoms with Crippen LogP contribution >= 0.6 is 0 Å². The van der Waals surface area contributed by atoms with Gasteiger partial charge in [-0.3, -0.25) is 0 Å². The molecule has 5 aromatic carbocycles. The molecule has 46 heavy (non-hydrogen) atoms. The van der Waals surface area contributed by atoms with Crippen molar-refractivity contribution in [1.82, 2.24) is 0 Å². The van der Waals surface area contributed by atoms with Gasteiger partial charge in [-0.15, -0.1) is 9.81 Å². The molecule has 0 N–H and O–H groups in total. The Balaban J connectivity index is 1.49. The summed E-state index contributed by atoms with van der Waals surface area (Å²) in [6, 6.07) is 39.9.